The number of nitrogen functional groups attached to an aromatic ring is 1. The molecule has 1 heterocycles. The van der Waals surface area contributed by atoms with Crippen molar-refractivity contribution < 1.29 is 14.3 Å². The van der Waals surface area contributed by atoms with Crippen LogP contribution in [-0.2, 0) is 24.2 Å². The number of nitrogens with zero attached hydrogens (tertiary/aromatic N) is 1. The number of carbonyl (C=O) groups excluding carboxylic acids is 1. The molecule has 0 radical (unpaired) electrons. The molecular formula is C20H24N2O3. The molecule has 2 aromatic carbocycles. The topological polar surface area (TPSA) is 64.8 Å². The number of carbonyl (C=O) groups is 1. The van der Waals surface area contributed by atoms with Crippen LogP contribution in [0.15, 0.2) is 36.4 Å². The second kappa shape index (κ2) is 7.47. The molecule has 0 atom stereocenters. The maximum absolute atomic E-state index is 12.6. The quantitative estimate of drug-likeness (QED) is 0.850. The predicted molar refractivity (Wildman–Crippen MR) is 97.8 cm³/mol. The van der Waals surface area contributed by atoms with Gasteiger partial charge in [-0.25, -0.2) is 0 Å². The minimum atomic E-state index is 0.156. The molecule has 1 aliphatic heterocycles. The van der Waals surface area contributed by atoms with Gasteiger partial charge in [0.15, 0.2) is 11.5 Å². The van der Waals surface area contributed by atoms with Crippen LogP contribution in [0.4, 0.5) is 5.69 Å². The first-order valence-corrected chi connectivity index (χ1v) is 8.47. The molecule has 0 aliphatic carbocycles. The third-order valence-corrected chi connectivity index (χ3v) is 4.73. The Labute approximate surface area is 148 Å². The van der Waals surface area contributed by atoms with E-state index < -0.39 is 0 Å². The minimum Gasteiger partial charge on any atom is -0.493 e. The number of hydrogen-bond donors (Lipinski definition) is 1. The molecule has 2 aromatic rings. The first-order valence-electron chi connectivity index (χ1n) is 8.47. The van der Waals surface area contributed by atoms with Gasteiger partial charge in [0.2, 0.25) is 5.91 Å². The average Bonchev–Trinajstić information content (AvgIpc) is 2.65. The molecule has 0 fully saturated rings. The summed E-state index contributed by atoms with van der Waals surface area (Å²) in [5, 5.41) is 0. The van der Waals surface area contributed by atoms with Crippen LogP contribution in [-0.4, -0.2) is 31.6 Å². The fourth-order valence-electron chi connectivity index (χ4n) is 3.26. The van der Waals surface area contributed by atoms with Crippen LogP contribution in [0, 0.1) is 0 Å². The Kier molecular flexibility index (Phi) is 5.12. The van der Waals surface area contributed by atoms with Gasteiger partial charge >= 0.3 is 0 Å². The SMILES string of the molecule is COc1cc2c(cc1OC)CN(C(=O)CCc1ccccc1N)CC2. The van der Waals surface area contributed by atoms with E-state index in [2.05, 4.69) is 0 Å². The van der Waals surface area contributed by atoms with Gasteiger partial charge in [0.25, 0.3) is 0 Å². The van der Waals surface area contributed by atoms with Gasteiger partial charge in [0.1, 0.15) is 0 Å². The minimum absolute atomic E-state index is 0.156. The largest absolute Gasteiger partial charge is 0.493 e. The first kappa shape index (κ1) is 17.1. The van der Waals surface area contributed by atoms with Crippen molar-refractivity contribution in [1.29, 1.82) is 0 Å². The molecule has 2 N–H and O–H groups in total. The van der Waals surface area contributed by atoms with Crippen molar-refractivity contribution in [3.8, 4) is 11.5 Å². The van der Waals surface area contributed by atoms with Gasteiger partial charge in [-0.15, -0.1) is 0 Å². The number of fused-ring (bicyclic) bond motifs is 1. The highest BCUT2D eigenvalue weighted by molar-refractivity contribution is 5.77. The lowest BCUT2D eigenvalue weighted by Crippen LogP contribution is -2.36. The van der Waals surface area contributed by atoms with Crippen molar-refractivity contribution in [1.82, 2.24) is 4.90 Å². The summed E-state index contributed by atoms with van der Waals surface area (Å²) in [7, 11) is 3.26. The van der Waals surface area contributed by atoms with E-state index in [9.17, 15) is 4.79 Å². The highest BCUT2D eigenvalue weighted by Gasteiger charge is 2.22. The van der Waals surface area contributed by atoms with Crippen LogP contribution >= 0.6 is 0 Å². The normalized spacial score (nSPS) is 13.3. The number of aryl methyl sites for hydroxylation is 1. The standard InChI is InChI=1S/C20H24N2O3/c1-24-18-11-15-9-10-22(13-16(15)12-19(18)25-2)20(23)8-7-14-5-3-4-6-17(14)21/h3-6,11-12H,7-10,13,21H2,1-2H3. The molecule has 25 heavy (non-hydrogen) atoms. The third kappa shape index (κ3) is 3.71. The van der Waals surface area contributed by atoms with Crippen molar-refractivity contribution in [3.05, 3.63) is 53.1 Å². The third-order valence-electron chi connectivity index (χ3n) is 4.73. The van der Waals surface area contributed by atoms with E-state index >= 15 is 0 Å². The zero-order valence-electron chi connectivity index (χ0n) is 14.7. The van der Waals surface area contributed by atoms with Crippen LogP contribution in [0.5, 0.6) is 11.5 Å². The molecule has 0 bridgehead atoms. The van der Waals surface area contributed by atoms with E-state index in [-0.39, 0.29) is 5.91 Å². The van der Waals surface area contributed by atoms with Gasteiger partial charge in [-0.05, 0) is 47.7 Å². The van der Waals surface area contributed by atoms with Gasteiger partial charge in [0, 0.05) is 25.2 Å². The number of nitrogens with two attached hydrogens (primary N) is 1. The van der Waals surface area contributed by atoms with E-state index in [0.717, 1.165) is 35.5 Å². The zero-order valence-corrected chi connectivity index (χ0v) is 14.7. The summed E-state index contributed by atoms with van der Waals surface area (Å²) in [6.07, 6.45) is 1.96. The summed E-state index contributed by atoms with van der Waals surface area (Å²) in [5.74, 6) is 1.59. The van der Waals surface area contributed by atoms with Crippen LogP contribution in [0.25, 0.3) is 0 Å². The number of para-hydroxylation sites is 1. The van der Waals surface area contributed by atoms with Crippen molar-refractivity contribution in [2.24, 2.45) is 0 Å². The van der Waals surface area contributed by atoms with E-state index in [1.165, 1.54) is 5.56 Å². The second-order valence-corrected chi connectivity index (χ2v) is 6.24. The molecule has 0 spiro atoms. The van der Waals surface area contributed by atoms with Crippen LogP contribution in [0.3, 0.4) is 0 Å². The zero-order chi connectivity index (χ0) is 17.8. The van der Waals surface area contributed by atoms with Gasteiger partial charge < -0.3 is 20.1 Å². The fraction of sp³-hybridized carbons (Fsp3) is 0.350. The van der Waals surface area contributed by atoms with Gasteiger partial charge in [0.05, 0.1) is 14.2 Å². The van der Waals surface area contributed by atoms with Crippen molar-refractivity contribution in [3.63, 3.8) is 0 Å². The maximum atomic E-state index is 12.6. The molecule has 132 valence electrons. The summed E-state index contributed by atoms with van der Waals surface area (Å²) in [5.41, 5.74) is 10.1. The molecule has 0 saturated heterocycles. The molecule has 1 amide bonds. The number of amides is 1. The summed E-state index contributed by atoms with van der Waals surface area (Å²) < 4.78 is 10.7. The monoisotopic (exact) mass is 340 g/mol. The molecule has 5 nitrogen and oxygen atoms in total. The van der Waals surface area contributed by atoms with Crippen LogP contribution < -0.4 is 15.2 Å². The van der Waals surface area contributed by atoms with Crippen molar-refractivity contribution in [2.45, 2.75) is 25.8 Å². The molecule has 3 rings (SSSR count). The molecule has 0 unspecified atom stereocenters. The summed E-state index contributed by atoms with van der Waals surface area (Å²) in [6, 6.07) is 11.7. The lowest BCUT2D eigenvalue weighted by Gasteiger charge is -2.29. The first-order chi connectivity index (χ1) is 12.1. The predicted octanol–water partition coefficient (Wildman–Crippen LogP) is 2.80. The number of ether oxygens (including phenoxy) is 2. The number of hydrogen-bond acceptors (Lipinski definition) is 4. The molecule has 1 aliphatic rings. The average molecular weight is 340 g/mol. The van der Waals surface area contributed by atoms with Crippen LogP contribution in [0.1, 0.15) is 23.1 Å². The van der Waals surface area contributed by atoms with Gasteiger partial charge in [-0.1, -0.05) is 18.2 Å². The second-order valence-electron chi connectivity index (χ2n) is 6.24. The number of rotatable bonds is 5. The summed E-state index contributed by atoms with van der Waals surface area (Å²) in [6.45, 7) is 1.34. The maximum Gasteiger partial charge on any atom is 0.223 e. The molecule has 0 aromatic heterocycles. The Morgan fingerprint density at radius 2 is 1.80 bits per heavy atom. The van der Waals surface area contributed by atoms with Crippen molar-refractivity contribution in [2.75, 3.05) is 26.5 Å². The van der Waals surface area contributed by atoms with E-state index in [1.807, 2.05) is 41.3 Å². The van der Waals surface area contributed by atoms with E-state index in [4.69, 9.17) is 15.2 Å². The molecule has 0 saturated carbocycles. The Morgan fingerprint density at radius 3 is 2.48 bits per heavy atom. The lowest BCUT2D eigenvalue weighted by atomic mass is 9.98. The fourth-order valence-corrected chi connectivity index (χ4v) is 3.26. The van der Waals surface area contributed by atoms with Gasteiger partial charge in [-0.3, -0.25) is 4.79 Å². The van der Waals surface area contributed by atoms with Crippen molar-refractivity contribution >= 4 is 11.6 Å². The Morgan fingerprint density at radius 1 is 1.12 bits per heavy atom. The molecular weight excluding hydrogens is 316 g/mol. The Hall–Kier alpha value is -2.69. The Bertz CT molecular complexity index is 774. The van der Waals surface area contributed by atoms with Gasteiger partial charge in [-0.2, -0.15) is 0 Å². The van der Waals surface area contributed by atoms with E-state index in [0.29, 0.717) is 25.1 Å². The molecule has 5 heteroatoms. The smallest absolute Gasteiger partial charge is 0.223 e. The highest BCUT2D eigenvalue weighted by atomic mass is 16.5. The lowest BCUT2D eigenvalue weighted by molar-refractivity contribution is -0.132. The van der Waals surface area contributed by atoms with Crippen LogP contribution in [0.2, 0.25) is 0 Å². The Balaban J connectivity index is 1.67. The van der Waals surface area contributed by atoms with E-state index in [1.54, 1.807) is 14.2 Å². The summed E-state index contributed by atoms with van der Waals surface area (Å²) >= 11 is 0. The number of methoxy groups -OCH3 is 2. The number of anilines is 1. The highest BCUT2D eigenvalue weighted by Crippen LogP contribution is 2.33. The number of benzene rings is 2. The summed E-state index contributed by atoms with van der Waals surface area (Å²) in [4.78, 5) is 14.5.